The summed E-state index contributed by atoms with van der Waals surface area (Å²) in [6.45, 7) is 5.41. The lowest BCUT2D eigenvalue weighted by atomic mass is 10.1. The molecule has 0 aromatic heterocycles. The minimum absolute atomic E-state index is 0.162. The van der Waals surface area contributed by atoms with E-state index in [0.29, 0.717) is 46.9 Å². The van der Waals surface area contributed by atoms with Gasteiger partial charge in [0.25, 0.3) is 5.91 Å². The molecule has 0 saturated carbocycles. The van der Waals surface area contributed by atoms with Crippen LogP contribution in [-0.2, 0) is 14.3 Å². The Balaban J connectivity index is 2.19. The minimum Gasteiger partial charge on any atom is -0.490 e. The van der Waals surface area contributed by atoms with E-state index in [-0.39, 0.29) is 18.3 Å². The van der Waals surface area contributed by atoms with Gasteiger partial charge in [-0.05, 0) is 59.5 Å². The lowest BCUT2D eigenvalue weighted by Gasteiger charge is -2.14. The molecular formula is C20H24BrNO5S2. The number of thiocarbonyl (C=S) groups is 1. The summed E-state index contributed by atoms with van der Waals surface area (Å²) >= 11 is 10.1. The van der Waals surface area contributed by atoms with Gasteiger partial charge in [-0.25, -0.2) is 0 Å². The molecule has 0 atom stereocenters. The van der Waals surface area contributed by atoms with Crippen LogP contribution in [0.1, 0.15) is 38.7 Å². The third-order valence-electron chi connectivity index (χ3n) is 3.94. The molecule has 9 heteroatoms. The number of halogens is 1. The Kier molecular flexibility index (Phi) is 9.45. The Morgan fingerprint density at radius 2 is 2.07 bits per heavy atom. The number of carbonyl (C=O) groups is 2. The van der Waals surface area contributed by atoms with E-state index in [9.17, 15) is 9.59 Å². The molecule has 6 nitrogen and oxygen atoms in total. The molecule has 29 heavy (non-hydrogen) atoms. The first-order valence-electron chi connectivity index (χ1n) is 9.32. The number of amides is 1. The summed E-state index contributed by atoms with van der Waals surface area (Å²) in [5, 5.41) is 0. The van der Waals surface area contributed by atoms with Crippen molar-refractivity contribution in [2.45, 2.75) is 33.1 Å². The largest absolute Gasteiger partial charge is 0.490 e. The molecule has 1 saturated heterocycles. The number of hydrogen-bond acceptors (Lipinski definition) is 7. The molecule has 1 aliphatic rings. The van der Waals surface area contributed by atoms with Gasteiger partial charge in [-0.2, -0.15) is 0 Å². The minimum atomic E-state index is -0.301. The van der Waals surface area contributed by atoms with E-state index in [0.717, 1.165) is 16.5 Å². The van der Waals surface area contributed by atoms with Gasteiger partial charge >= 0.3 is 5.97 Å². The molecule has 0 aliphatic carbocycles. The first-order chi connectivity index (χ1) is 13.9. The highest BCUT2D eigenvalue weighted by Gasteiger charge is 2.31. The maximum absolute atomic E-state index is 12.7. The number of esters is 1. The molecule has 0 N–H and O–H groups in total. The van der Waals surface area contributed by atoms with Crippen LogP contribution in [0.4, 0.5) is 0 Å². The SMILES string of the molecule is CCCOc1c(Br)cc(/C=C2\SC(=S)N(CCCC(=O)OC)C2=O)cc1OCC. The highest BCUT2D eigenvalue weighted by molar-refractivity contribution is 9.10. The average molecular weight is 502 g/mol. The summed E-state index contributed by atoms with van der Waals surface area (Å²) < 4.78 is 17.4. The number of ether oxygens (including phenoxy) is 3. The summed E-state index contributed by atoms with van der Waals surface area (Å²) in [7, 11) is 1.35. The van der Waals surface area contributed by atoms with E-state index in [1.807, 2.05) is 26.0 Å². The average Bonchev–Trinajstić information content (AvgIpc) is 2.94. The zero-order valence-corrected chi connectivity index (χ0v) is 19.9. The van der Waals surface area contributed by atoms with Crippen molar-refractivity contribution in [1.82, 2.24) is 4.90 Å². The van der Waals surface area contributed by atoms with Crippen molar-refractivity contribution in [3.8, 4) is 11.5 Å². The Bertz CT molecular complexity index is 812. The quantitative estimate of drug-likeness (QED) is 0.259. The van der Waals surface area contributed by atoms with E-state index < -0.39 is 0 Å². The highest BCUT2D eigenvalue weighted by atomic mass is 79.9. The van der Waals surface area contributed by atoms with Crippen molar-refractivity contribution in [3.05, 3.63) is 27.1 Å². The van der Waals surface area contributed by atoms with E-state index in [4.69, 9.17) is 21.7 Å². The van der Waals surface area contributed by atoms with Crippen LogP contribution in [0.25, 0.3) is 6.08 Å². The second kappa shape index (κ2) is 11.6. The standard InChI is InChI=1S/C20H24BrNO5S2/c1-4-9-27-18-14(21)10-13(11-15(18)26-5-2)12-16-19(24)22(20(28)29-16)8-6-7-17(23)25-3/h10-12H,4-9H2,1-3H3/b16-12-. The van der Waals surface area contributed by atoms with Crippen molar-refractivity contribution in [2.24, 2.45) is 0 Å². The molecule has 1 heterocycles. The topological polar surface area (TPSA) is 65.1 Å². The smallest absolute Gasteiger partial charge is 0.305 e. The Morgan fingerprint density at radius 3 is 2.72 bits per heavy atom. The van der Waals surface area contributed by atoms with E-state index in [1.54, 1.807) is 6.08 Å². The van der Waals surface area contributed by atoms with Crippen LogP contribution in [0.2, 0.25) is 0 Å². The fourth-order valence-electron chi connectivity index (χ4n) is 2.61. The summed E-state index contributed by atoms with van der Waals surface area (Å²) in [6.07, 6.45) is 3.42. The van der Waals surface area contributed by atoms with Crippen molar-refractivity contribution in [3.63, 3.8) is 0 Å². The molecule has 0 unspecified atom stereocenters. The maximum atomic E-state index is 12.7. The van der Waals surface area contributed by atoms with Gasteiger partial charge < -0.3 is 14.2 Å². The molecule has 158 valence electrons. The Hall–Kier alpha value is -1.58. The zero-order chi connectivity index (χ0) is 21.4. The van der Waals surface area contributed by atoms with Crippen LogP contribution in [-0.4, -0.2) is 48.0 Å². The molecule has 0 radical (unpaired) electrons. The summed E-state index contributed by atoms with van der Waals surface area (Å²) in [5.41, 5.74) is 0.805. The Labute approximate surface area is 189 Å². The fraction of sp³-hybridized carbons (Fsp3) is 0.450. The second-order valence-electron chi connectivity index (χ2n) is 6.12. The van der Waals surface area contributed by atoms with Gasteiger partial charge in [0, 0.05) is 13.0 Å². The molecule has 0 spiro atoms. The van der Waals surface area contributed by atoms with Crippen molar-refractivity contribution in [1.29, 1.82) is 0 Å². The molecule has 1 aromatic rings. The summed E-state index contributed by atoms with van der Waals surface area (Å²) in [4.78, 5) is 26.0. The van der Waals surface area contributed by atoms with E-state index >= 15 is 0 Å². The molecule has 1 aromatic carbocycles. The van der Waals surface area contributed by atoms with Gasteiger partial charge in [0.15, 0.2) is 11.5 Å². The summed E-state index contributed by atoms with van der Waals surface area (Å²) in [6, 6.07) is 3.74. The lowest BCUT2D eigenvalue weighted by molar-refractivity contribution is -0.141. The molecule has 1 aliphatic heterocycles. The number of hydrogen-bond donors (Lipinski definition) is 0. The van der Waals surface area contributed by atoms with Gasteiger partial charge in [-0.1, -0.05) is 30.9 Å². The number of rotatable bonds is 10. The number of methoxy groups -OCH3 is 1. The van der Waals surface area contributed by atoms with Crippen LogP contribution in [0.3, 0.4) is 0 Å². The summed E-state index contributed by atoms with van der Waals surface area (Å²) in [5.74, 6) is 0.811. The fourth-order valence-corrected chi connectivity index (χ4v) is 4.49. The Morgan fingerprint density at radius 1 is 1.31 bits per heavy atom. The van der Waals surface area contributed by atoms with Crippen LogP contribution >= 0.6 is 39.9 Å². The normalized spacial score (nSPS) is 15.2. The third kappa shape index (κ3) is 6.45. The monoisotopic (exact) mass is 501 g/mol. The van der Waals surface area contributed by atoms with E-state index in [1.165, 1.54) is 23.8 Å². The number of nitrogens with zero attached hydrogens (tertiary/aromatic N) is 1. The van der Waals surface area contributed by atoms with Gasteiger partial charge in [-0.15, -0.1) is 0 Å². The molecule has 0 bridgehead atoms. The van der Waals surface area contributed by atoms with Crippen LogP contribution in [0, 0.1) is 0 Å². The first-order valence-corrected chi connectivity index (χ1v) is 11.3. The van der Waals surface area contributed by atoms with Gasteiger partial charge in [0.1, 0.15) is 4.32 Å². The van der Waals surface area contributed by atoms with E-state index in [2.05, 4.69) is 20.7 Å². The second-order valence-corrected chi connectivity index (χ2v) is 8.65. The van der Waals surface area contributed by atoms with Crippen molar-refractivity contribution >= 4 is 62.2 Å². The maximum Gasteiger partial charge on any atom is 0.305 e. The molecule has 1 amide bonds. The number of thioether (sulfide) groups is 1. The number of carbonyl (C=O) groups excluding carboxylic acids is 2. The molecular weight excluding hydrogens is 478 g/mol. The predicted molar refractivity (Wildman–Crippen MR) is 122 cm³/mol. The van der Waals surface area contributed by atoms with Gasteiger partial charge in [0.2, 0.25) is 0 Å². The lowest BCUT2D eigenvalue weighted by Crippen LogP contribution is -2.29. The van der Waals surface area contributed by atoms with Crippen LogP contribution in [0.15, 0.2) is 21.5 Å². The van der Waals surface area contributed by atoms with Gasteiger partial charge in [0.05, 0.1) is 29.7 Å². The van der Waals surface area contributed by atoms with Crippen LogP contribution in [0.5, 0.6) is 11.5 Å². The molecule has 1 fully saturated rings. The highest BCUT2D eigenvalue weighted by Crippen LogP contribution is 2.39. The predicted octanol–water partition coefficient (Wildman–Crippen LogP) is 4.79. The van der Waals surface area contributed by atoms with Gasteiger partial charge in [-0.3, -0.25) is 14.5 Å². The van der Waals surface area contributed by atoms with Crippen molar-refractivity contribution < 1.29 is 23.8 Å². The first kappa shape index (κ1) is 23.7. The molecule has 2 rings (SSSR count). The third-order valence-corrected chi connectivity index (χ3v) is 5.91. The number of benzene rings is 1. The van der Waals surface area contributed by atoms with Crippen LogP contribution < -0.4 is 9.47 Å². The van der Waals surface area contributed by atoms with Crippen molar-refractivity contribution in [2.75, 3.05) is 26.9 Å². The zero-order valence-electron chi connectivity index (χ0n) is 16.7.